The van der Waals surface area contributed by atoms with Crippen LogP contribution in [0.4, 0.5) is 4.39 Å². The van der Waals surface area contributed by atoms with E-state index in [0.29, 0.717) is 13.0 Å². The van der Waals surface area contributed by atoms with Crippen molar-refractivity contribution in [2.24, 2.45) is 15.0 Å². The molecule has 0 saturated carbocycles. The summed E-state index contributed by atoms with van der Waals surface area (Å²) in [6, 6.07) is 0.770. The quantitative estimate of drug-likeness (QED) is 0.244. The minimum atomic E-state index is -0.338. The highest BCUT2D eigenvalue weighted by molar-refractivity contribution is 8.25. The predicted octanol–water partition coefficient (Wildman–Crippen LogP) is 5.70. The van der Waals surface area contributed by atoms with E-state index in [-0.39, 0.29) is 5.97 Å². The van der Waals surface area contributed by atoms with Crippen LogP contribution in [0.3, 0.4) is 0 Å². The fraction of sp³-hybridized carbons (Fsp3) is 0.708. The maximum atomic E-state index is 12.9. The molecule has 0 amide bonds. The average molecular weight is 450 g/mol. The Morgan fingerprint density at radius 2 is 1.87 bits per heavy atom. The van der Waals surface area contributed by atoms with Gasteiger partial charge in [0.25, 0.3) is 0 Å². The summed E-state index contributed by atoms with van der Waals surface area (Å²) in [5.41, 5.74) is 2.93. The molecule has 0 bridgehead atoms. The number of thioether (sulfide) groups is 1. The first-order valence-electron chi connectivity index (χ1n) is 11.8. The molecule has 2 heterocycles. The van der Waals surface area contributed by atoms with Crippen LogP contribution in [0.2, 0.25) is 0 Å². The molecule has 174 valence electrons. The third-order valence-electron chi connectivity index (χ3n) is 5.84. The number of piperidine rings is 2. The fourth-order valence-corrected chi connectivity index (χ4v) is 4.63. The first-order valence-corrected chi connectivity index (χ1v) is 12.7. The Bertz CT molecular complexity index is 657. The lowest BCUT2D eigenvalue weighted by Gasteiger charge is -2.40. The number of aliphatic imine (C=N–C) groups is 3. The van der Waals surface area contributed by atoms with Crippen molar-refractivity contribution in [3.63, 3.8) is 0 Å². The zero-order valence-electron chi connectivity index (χ0n) is 19.6. The molecule has 0 aliphatic carbocycles. The van der Waals surface area contributed by atoms with Crippen LogP contribution in [0, 0.1) is 0 Å². The molecule has 31 heavy (non-hydrogen) atoms. The van der Waals surface area contributed by atoms with Crippen LogP contribution in [0.1, 0.15) is 65.7 Å². The minimum Gasteiger partial charge on any atom is -0.300 e. The molecular formula is C24H40FN5S. The second-order valence-corrected chi connectivity index (χ2v) is 9.12. The van der Waals surface area contributed by atoms with Crippen LogP contribution in [0.25, 0.3) is 0 Å². The van der Waals surface area contributed by atoms with Crippen LogP contribution in [0.5, 0.6) is 0 Å². The minimum absolute atomic E-state index is 0.336. The van der Waals surface area contributed by atoms with Gasteiger partial charge in [-0.05, 0) is 59.0 Å². The summed E-state index contributed by atoms with van der Waals surface area (Å²) in [4.78, 5) is 18.2. The summed E-state index contributed by atoms with van der Waals surface area (Å²) in [6.07, 6.45) is 13.2. The molecule has 0 aromatic carbocycles. The third kappa shape index (κ3) is 10.7. The van der Waals surface area contributed by atoms with Crippen LogP contribution >= 0.6 is 11.8 Å². The zero-order chi connectivity index (χ0) is 22.3. The van der Waals surface area contributed by atoms with Crippen LogP contribution in [-0.2, 0) is 0 Å². The Kier molecular flexibility index (Phi) is 13.0. The second-order valence-electron chi connectivity index (χ2n) is 8.20. The van der Waals surface area contributed by atoms with Crippen molar-refractivity contribution in [2.45, 2.75) is 71.8 Å². The van der Waals surface area contributed by atoms with Gasteiger partial charge in [-0.2, -0.15) is 4.39 Å². The maximum absolute atomic E-state index is 12.9. The molecule has 0 radical (unpaired) electrons. The van der Waals surface area contributed by atoms with Crippen LogP contribution in [0.15, 0.2) is 39.0 Å². The van der Waals surface area contributed by atoms with Gasteiger partial charge in [0.2, 0.25) is 0 Å². The Hall–Kier alpha value is -1.31. The number of rotatable bonds is 10. The lowest BCUT2D eigenvalue weighted by Crippen LogP contribution is -2.47. The van der Waals surface area contributed by atoms with Gasteiger partial charge in [0.1, 0.15) is 0 Å². The van der Waals surface area contributed by atoms with Crippen LogP contribution in [-0.4, -0.2) is 71.7 Å². The number of allylic oxidation sites excluding steroid dienone is 2. The van der Waals surface area contributed by atoms with E-state index in [1.54, 1.807) is 18.7 Å². The molecule has 2 rings (SSSR count). The summed E-state index contributed by atoms with van der Waals surface area (Å²) >= 11 is 1.61. The zero-order valence-corrected chi connectivity index (χ0v) is 20.4. The maximum Gasteiger partial charge on any atom is 0.188 e. The predicted molar refractivity (Wildman–Crippen MR) is 135 cm³/mol. The topological polar surface area (TPSA) is 43.6 Å². The van der Waals surface area contributed by atoms with Crippen molar-refractivity contribution in [2.75, 3.05) is 39.3 Å². The summed E-state index contributed by atoms with van der Waals surface area (Å²) in [5, 5.41) is 1.10. The average Bonchev–Trinajstić information content (AvgIpc) is 2.81. The molecule has 0 atom stereocenters. The Morgan fingerprint density at radius 3 is 2.55 bits per heavy atom. The molecular weight excluding hydrogens is 409 g/mol. The van der Waals surface area contributed by atoms with Gasteiger partial charge < -0.3 is 4.90 Å². The molecule has 2 saturated heterocycles. The molecule has 0 aromatic heterocycles. The molecule has 2 aliphatic rings. The molecule has 5 nitrogen and oxygen atoms in total. The van der Waals surface area contributed by atoms with Gasteiger partial charge >= 0.3 is 0 Å². The monoisotopic (exact) mass is 449 g/mol. The SMILES string of the molecule is C/C=C(\C)N=C(CN1CCC(N2CCCCC2)CC1)SC=NCC/C=C\N=C(F)CC. The van der Waals surface area contributed by atoms with Crippen molar-refractivity contribution >= 4 is 28.3 Å². The Morgan fingerprint density at radius 1 is 1.13 bits per heavy atom. The molecule has 0 N–H and O–H groups in total. The summed E-state index contributed by atoms with van der Waals surface area (Å²) in [7, 11) is 0. The second kappa shape index (κ2) is 15.5. The van der Waals surface area contributed by atoms with E-state index < -0.39 is 0 Å². The highest BCUT2D eigenvalue weighted by atomic mass is 32.2. The molecule has 7 heteroatoms. The Labute approximate surface area is 192 Å². The van der Waals surface area contributed by atoms with Crippen LogP contribution < -0.4 is 0 Å². The van der Waals surface area contributed by atoms with E-state index in [2.05, 4.69) is 19.8 Å². The van der Waals surface area contributed by atoms with E-state index in [1.807, 2.05) is 31.5 Å². The van der Waals surface area contributed by atoms with Gasteiger partial charge in [-0.3, -0.25) is 9.89 Å². The van der Waals surface area contributed by atoms with E-state index in [0.717, 1.165) is 42.8 Å². The van der Waals surface area contributed by atoms with E-state index >= 15 is 0 Å². The van der Waals surface area contributed by atoms with Crippen molar-refractivity contribution in [3.8, 4) is 0 Å². The summed E-state index contributed by atoms with van der Waals surface area (Å²) in [6.45, 7) is 12.2. The number of hydrogen-bond acceptors (Lipinski definition) is 6. The highest BCUT2D eigenvalue weighted by Gasteiger charge is 2.25. The van der Waals surface area contributed by atoms with Crippen molar-refractivity contribution in [1.82, 2.24) is 9.80 Å². The van der Waals surface area contributed by atoms with Crippen molar-refractivity contribution in [3.05, 3.63) is 24.0 Å². The lowest BCUT2D eigenvalue weighted by molar-refractivity contribution is 0.0991. The van der Waals surface area contributed by atoms with Gasteiger partial charge in [-0.15, -0.1) is 0 Å². The molecule has 0 aromatic rings. The molecule has 2 fully saturated rings. The van der Waals surface area contributed by atoms with Crippen molar-refractivity contribution < 1.29 is 4.39 Å². The number of likely N-dealkylation sites (tertiary alicyclic amines) is 2. The van der Waals surface area contributed by atoms with Crippen molar-refractivity contribution in [1.29, 1.82) is 0 Å². The van der Waals surface area contributed by atoms with Gasteiger partial charge in [-0.25, -0.2) is 9.98 Å². The summed E-state index contributed by atoms with van der Waals surface area (Å²) < 4.78 is 12.9. The molecule has 2 aliphatic heterocycles. The first-order chi connectivity index (χ1) is 15.1. The normalized spacial score (nSPS) is 21.6. The number of halogens is 1. The van der Waals surface area contributed by atoms with Gasteiger partial charge in [0, 0.05) is 50.5 Å². The lowest BCUT2D eigenvalue weighted by atomic mass is 10.00. The third-order valence-corrected chi connectivity index (χ3v) is 6.59. The van der Waals surface area contributed by atoms with Gasteiger partial charge in [-0.1, -0.05) is 37.3 Å². The number of hydrogen-bond donors (Lipinski definition) is 0. The fourth-order valence-electron chi connectivity index (χ4n) is 3.88. The molecule has 0 unspecified atom stereocenters. The Balaban J connectivity index is 1.77. The smallest absolute Gasteiger partial charge is 0.188 e. The number of nitrogens with zero attached hydrogens (tertiary/aromatic N) is 5. The van der Waals surface area contributed by atoms with E-state index in [4.69, 9.17) is 4.99 Å². The molecule has 0 spiro atoms. The highest BCUT2D eigenvalue weighted by Crippen LogP contribution is 2.21. The summed E-state index contributed by atoms with van der Waals surface area (Å²) in [5.74, 6) is -0.338. The van der Waals surface area contributed by atoms with E-state index in [1.165, 1.54) is 51.4 Å². The van der Waals surface area contributed by atoms with Gasteiger partial charge in [0.05, 0.1) is 10.6 Å². The largest absolute Gasteiger partial charge is 0.300 e. The standard InChI is InChI=1S/C24H40FN5S/c1-4-21(3)28-24(31-20-26-13-7-8-14-27-23(25)5-2)19-29-17-11-22(12-18-29)30-15-9-6-10-16-30/h4,8,14,20,22H,5-7,9-13,15-19H2,1-3H3/b14-8-,21-4+,26-20?,27-23?,28-24?. The first kappa shape index (κ1) is 25.9. The van der Waals surface area contributed by atoms with E-state index in [9.17, 15) is 4.39 Å². The van der Waals surface area contributed by atoms with Gasteiger partial charge in [0.15, 0.2) is 5.97 Å².